The number of unbranched alkanes of at least 4 members (excludes halogenated alkanes) is 2. The standard InChI is InChI=1S/C56H74N6O2/c1-16-19-20-23-55-31-36-45-46(53(14,32-55)54(36,55)15)61-26-22-38-44-34(29-40(58-38)51(8,9)10)35(17-2)56(18-3,62(48(44)61)49(45)64)24-27-60-42(63)30-41(52(11,12)13)59-25-21-37-43(47(59)60)33(4)28-39(57-37)50(5,6)7/h21-22,25-26,28-30,35-36H,16-20,23-24,27,31-32H2,1-15H3/q+2. The average molecular weight is 863 g/mol. The molecule has 4 aliphatic rings. The second kappa shape index (κ2) is 13.6. The lowest BCUT2D eigenvalue weighted by Gasteiger charge is -2.76. The molecule has 0 amide bonds. The maximum Gasteiger partial charge on any atom is 0.341 e. The van der Waals surface area contributed by atoms with E-state index >= 15 is 4.79 Å². The van der Waals surface area contributed by atoms with E-state index in [1.807, 2.05) is 10.6 Å². The third kappa shape index (κ3) is 5.34. The van der Waals surface area contributed by atoms with E-state index in [4.69, 9.17) is 9.97 Å². The summed E-state index contributed by atoms with van der Waals surface area (Å²) in [5, 5.41) is 2.14. The average Bonchev–Trinajstić information content (AvgIpc) is 3.29. The van der Waals surface area contributed by atoms with Crippen molar-refractivity contribution in [3.8, 4) is 0 Å². The third-order valence-electron chi connectivity index (χ3n) is 18.1. The number of aromatic nitrogens is 6. The van der Waals surface area contributed by atoms with Gasteiger partial charge in [0.25, 0.3) is 11.3 Å². The molecule has 8 heteroatoms. The molecule has 10 rings (SSSR count). The van der Waals surface area contributed by atoms with E-state index in [2.05, 4.69) is 154 Å². The van der Waals surface area contributed by atoms with Gasteiger partial charge in [-0.05, 0) is 73.1 Å². The lowest BCUT2D eigenvalue weighted by molar-refractivity contribution is -0.536. The van der Waals surface area contributed by atoms with Gasteiger partial charge < -0.3 is 0 Å². The van der Waals surface area contributed by atoms with Crippen molar-refractivity contribution in [1.29, 1.82) is 0 Å². The minimum absolute atomic E-state index is 0.0133. The van der Waals surface area contributed by atoms with Gasteiger partial charge in [-0.15, -0.1) is 0 Å². The molecule has 0 spiro atoms. The third-order valence-corrected chi connectivity index (χ3v) is 18.1. The highest BCUT2D eigenvalue weighted by Gasteiger charge is 2.84. The van der Waals surface area contributed by atoms with Crippen LogP contribution in [-0.2, 0) is 33.7 Å². The largest absolute Gasteiger partial charge is 0.341 e. The van der Waals surface area contributed by atoms with Crippen LogP contribution in [0.2, 0.25) is 0 Å². The molecule has 338 valence electrons. The number of aryl methyl sites for hydroxylation is 2. The van der Waals surface area contributed by atoms with Gasteiger partial charge in [-0.25, -0.2) is 18.4 Å². The Bertz CT molecular complexity index is 3120. The molecule has 8 nitrogen and oxygen atoms in total. The fourth-order valence-corrected chi connectivity index (χ4v) is 14.7. The predicted octanol–water partition coefficient (Wildman–Crippen LogP) is 11.2. The molecule has 6 aromatic heterocycles. The van der Waals surface area contributed by atoms with Gasteiger partial charge in [0.1, 0.15) is 16.9 Å². The monoisotopic (exact) mass is 863 g/mol. The van der Waals surface area contributed by atoms with Crippen molar-refractivity contribution in [3.05, 3.63) is 103 Å². The van der Waals surface area contributed by atoms with Crippen molar-refractivity contribution >= 4 is 33.1 Å². The van der Waals surface area contributed by atoms with Crippen LogP contribution in [0.5, 0.6) is 0 Å². The Kier molecular flexibility index (Phi) is 9.20. The first-order chi connectivity index (χ1) is 29.9. The number of fused-ring (bicyclic) bond motifs is 7. The van der Waals surface area contributed by atoms with Gasteiger partial charge in [-0.2, -0.15) is 9.13 Å². The van der Waals surface area contributed by atoms with Crippen molar-refractivity contribution in [2.75, 3.05) is 0 Å². The SMILES string of the molecule is CCCCCC12CC3c4c([n+]5ccc6nc(C(C)(C)C)cc7c6c5n(c4=O)C(CC)(CCn4c(=O)cc(C(C)(C)C)[n+]5ccc6nc(C(C)(C)C)cc(C)c6c45)C7CC)C(C)(C1)C32C. The predicted molar refractivity (Wildman–Crippen MR) is 259 cm³/mol. The van der Waals surface area contributed by atoms with E-state index in [-0.39, 0.29) is 50.0 Å². The molecule has 6 atom stereocenters. The van der Waals surface area contributed by atoms with Gasteiger partial charge in [0.15, 0.2) is 0 Å². The van der Waals surface area contributed by atoms with Crippen molar-refractivity contribution in [3.63, 3.8) is 0 Å². The zero-order valence-electron chi connectivity index (χ0n) is 41.8. The lowest BCUT2D eigenvalue weighted by atomic mass is 9.26. The van der Waals surface area contributed by atoms with E-state index in [0.29, 0.717) is 18.4 Å². The fraction of sp³-hybridized carbons (Fsp3) is 0.607. The zero-order chi connectivity index (χ0) is 46.1. The van der Waals surface area contributed by atoms with Crippen LogP contribution in [0.3, 0.4) is 0 Å². The van der Waals surface area contributed by atoms with Gasteiger partial charge in [0, 0.05) is 63.4 Å². The number of hydrogen-bond acceptors (Lipinski definition) is 4. The Labute approximate surface area is 380 Å². The second-order valence-corrected chi connectivity index (χ2v) is 24.5. The zero-order valence-corrected chi connectivity index (χ0v) is 41.8. The lowest BCUT2D eigenvalue weighted by Crippen LogP contribution is -2.72. The normalized spacial score (nSPS) is 27.1. The quantitative estimate of drug-likeness (QED) is 0.0824. The first kappa shape index (κ1) is 43.4. The van der Waals surface area contributed by atoms with E-state index in [1.54, 1.807) is 0 Å². The van der Waals surface area contributed by atoms with E-state index in [1.165, 1.54) is 36.9 Å². The highest BCUT2D eigenvalue weighted by molar-refractivity contribution is 5.95. The highest BCUT2D eigenvalue weighted by Crippen LogP contribution is 2.88. The molecule has 6 aromatic rings. The Morgan fingerprint density at radius 1 is 0.781 bits per heavy atom. The van der Waals surface area contributed by atoms with Gasteiger partial charge in [0.2, 0.25) is 0 Å². The molecular weight excluding hydrogens is 789 g/mol. The summed E-state index contributed by atoms with van der Waals surface area (Å²) in [5.41, 5.74) is 10.8. The van der Waals surface area contributed by atoms with Crippen LogP contribution in [0.25, 0.3) is 33.1 Å². The molecule has 0 aromatic carbocycles. The van der Waals surface area contributed by atoms with Gasteiger partial charge in [-0.1, -0.05) is 116 Å². The van der Waals surface area contributed by atoms with Crippen LogP contribution in [0, 0.1) is 17.8 Å². The molecule has 64 heavy (non-hydrogen) atoms. The smallest absolute Gasteiger partial charge is 0.252 e. The molecule has 0 bridgehead atoms. The summed E-state index contributed by atoms with van der Waals surface area (Å²) in [6.45, 7) is 34.5. The first-order valence-electron chi connectivity index (χ1n) is 24.8. The Morgan fingerprint density at radius 2 is 1.42 bits per heavy atom. The van der Waals surface area contributed by atoms with Crippen LogP contribution in [-0.4, -0.2) is 19.1 Å². The molecular formula is C56H74N6O2+2. The van der Waals surface area contributed by atoms with Crippen LogP contribution < -0.4 is 19.9 Å². The molecule has 3 aliphatic carbocycles. The summed E-state index contributed by atoms with van der Waals surface area (Å²) in [6, 6.07) is 10.8. The Morgan fingerprint density at radius 3 is 2.03 bits per heavy atom. The maximum atomic E-state index is 16.3. The molecule has 0 saturated heterocycles. The maximum absolute atomic E-state index is 16.3. The molecule has 0 radical (unpaired) electrons. The summed E-state index contributed by atoms with van der Waals surface area (Å²) in [7, 11) is 0. The van der Waals surface area contributed by atoms with Crippen molar-refractivity contribution in [2.45, 2.75) is 207 Å². The molecule has 0 N–H and O–H groups in total. The van der Waals surface area contributed by atoms with Crippen LogP contribution in [0.4, 0.5) is 0 Å². The van der Waals surface area contributed by atoms with Gasteiger partial charge >= 0.3 is 11.1 Å². The molecule has 2 saturated carbocycles. The molecule has 2 fully saturated rings. The highest BCUT2D eigenvalue weighted by atomic mass is 16.1. The summed E-state index contributed by atoms with van der Waals surface area (Å²) >= 11 is 0. The minimum atomic E-state index is -0.619. The van der Waals surface area contributed by atoms with Crippen molar-refractivity contribution in [1.82, 2.24) is 19.1 Å². The van der Waals surface area contributed by atoms with Gasteiger partial charge in [-0.3, -0.25) is 9.97 Å². The summed E-state index contributed by atoms with van der Waals surface area (Å²) in [6.07, 6.45) is 13.9. The summed E-state index contributed by atoms with van der Waals surface area (Å²) in [4.78, 5) is 41.9. The van der Waals surface area contributed by atoms with Crippen LogP contribution >= 0.6 is 0 Å². The number of pyridine rings is 4. The number of hydrogen-bond donors (Lipinski definition) is 0. The van der Waals surface area contributed by atoms with Crippen molar-refractivity contribution < 1.29 is 8.80 Å². The van der Waals surface area contributed by atoms with E-state index in [0.717, 1.165) is 87.0 Å². The minimum Gasteiger partial charge on any atom is -0.252 e. The van der Waals surface area contributed by atoms with Crippen LogP contribution in [0.1, 0.15) is 206 Å². The topological polar surface area (TPSA) is 78.0 Å². The van der Waals surface area contributed by atoms with Crippen molar-refractivity contribution in [2.24, 2.45) is 10.8 Å². The summed E-state index contributed by atoms with van der Waals surface area (Å²) in [5.74, 6) is 0.271. The molecule has 1 aliphatic heterocycles. The van der Waals surface area contributed by atoms with Crippen LogP contribution in [0.15, 0.2) is 52.3 Å². The second-order valence-electron chi connectivity index (χ2n) is 24.5. The first-order valence-corrected chi connectivity index (χ1v) is 24.8. The number of rotatable bonds is 9. The fourth-order valence-electron chi connectivity index (χ4n) is 14.7. The van der Waals surface area contributed by atoms with E-state index in [9.17, 15) is 4.79 Å². The Hall–Kier alpha value is -4.46. The summed E-state index contributed by atoms with van der Waals surface area (Å²) < 4.78 is 9.06. The molecule has 6 unspecified atom stereocenters. The number of nitrogens with zero attached hydrogens (tertiary/aromatic N) is 6. The van der Waals surface area contributed by atoms with Gasteiger partial charge in [0.05, 0.1) is 52.4 Å². The van der Waals surface area contributed by atoms with E-state index < -0.39 is 5.54 Å². The Balaban J connectivity index is 1.25. The molecule has 7 heterocycles.